The highest BCUT2D eigenvalue weighted by molar-refractivity contribution is 5.85. The lowest BCUT2D eigenvalue weighted by Crippen LogP contribution is -2.46. The van der Waals surface area contributed by atoms with Crippen molar-refractivity contribution in [3.05, 3.63) is 70.8 Å². The molecular weight excluding hydrogens is 380 g/mol. The van der Waals surface area contributed by atoms with Crippen LogP contribution in [-0.2, 0) is 17.8 Å². The molecule has 0 N–H and O–H groups in total. The van der Waals surface area contributed by atoms with Crippen molar-refractivity contribution in [1.29, 1.82) is 0 Å². The number of halogens is 1. The predicted molar refractivity (Wildman–Crippen MR) is 124 cm³/mol. The minimum atomic E-state index is 0. The minimum absolute atomic E-state index is 0. The highest BCUT2D eigenvalue weighted by Gasteiger charge is 2.27. The molecular formula is C25H35ClN2O. The van der Waals surface area contributed by atoms with Gasteiger partial charge in [-0.05, 0) is 62.5 Å². The smallest absolute Gasteiger partial charge is 0.227 e. The lowest BCUT2D eigenvalue weighted by atomic mass is 9.98. The first-order chi connectivity index (χ1) is 13.4. The molecule has 0 aliphatic carbocycles. The van der Waals surface area contributed by atoms with Gasteiger partial charge in [-0.25, -0.2) is 0 Å². The van der Waals surface area contributed by atoms with Crippen LogP contribution in [-0.4, -0.2) is 41.9 Å². The third-order valence-electron chi connectivity index (χ3n) is 5.90. The summed E-state index contributed by atoms with van der Waals surface area (Å²) in [5.74, 6) is 0.726. The van der Waals surface area contributed by atoms with E-state index < -0.39 is 0 Å². The zero-order valence-corrected chi connectivity index (χ0v) is 19.0. The molecule has 4 heteroatoms. The molecule has 29 heavy (non-hydrogen) atoms. The summed E-state index contributed by atoms with van der Waals surface area (Å²) in [5, 5.41) is 0. The summed E-state index contributed by atoms with van der Waals surface area (Å²) in [4.78, 5) is 17.9. The maximum Gasteiger partial charge on any atom is 0.227 e. The number of likely N-dealkylation sites (tertiary alicyclic amines) is 1. The maximum absolute atomic E-state index is 13.4. The van der Waals surface area contributed by atoms with E-state index in [1.807, 2.05) is 0 Å². The molecule has 0 aromatic heterocycles. The van der Waals surface area contributed by atoms with Crippen LogP contribution in [0, 0.1) is 6.92 Å². The van der Waals surface area contributed by atoms with Gasteiger partial charge in [0.15, 0.2) is 0 Å². The Bertz CT molecular complexity index is 780. The third-order valence-corrected chi connectivity index (χ3v) is 5.90. The van der Waals surface area contributed by atoms with Crippen LogP contribution in [0.1, 0.15) is 54.9 Å². The van der Waals surface area contributed by atoms with Gasteiger partial charge in [-0.2, -0.15) is 0 Å². The molecule has 1 fully saturated rings. The predicted octanol–water partition coefficient (Wildman–Crippen LogP) is 5.21. The number of amides is 1. The first-order valence-corrected chi connectivity index (χ1v) is 10.5. The quantitative estimate of drug-likeness (QED) is 0.648. The van der Waals surface area contributed by atoms with Gasteiger partial charge in [0, 0.05) is 12.6 Å². The van der Waals surface area contributed by atoms with E-state index in [0.717, 1.165) is 31.5 Å². The van der Waals surface area contributed by atoms with Crippen molar-refractivity contribution >= 4 is 18.3 Å². The Labute approximate surface area is 182 Å². The normalized spacial score (nSPS) is 15.2. The van der Waals surface area contributed by atoms with E-state index in [-0.39, 0.29) is 18.3 Å². The highest BCUT2D eigenvalue weighted by Crippen LogP contribution is 2.21. The van der Waals surface area contributed by atoms with E-state index in [2.05, 4.69) is 86.1 Å². The van der Waals surface area contributed by atoms with E-state index in [4.69, 9.17) is 0 Å². The van der Waals surface area contributed by atoms with E-state index in [9.17, 15) is 4.79 Å². The fourth-order valence-corrected chi connectivity index (χ4v) is 3.96. The number of piperidine rings is 1. The first-order valence-electron chi connectivity index (χ1n) is 10.5. The second kappa shape index (κ2) is 10.8. The molecule has 158 valence electrons. The van der Waals surface area contributed by atoms with E-state index in [1.165, 1.54) is 16.7 Å². The number of nitrogens with zero attached hydrogens (tertiary/aromatic N) is 2. The summed E-state index contributed by atoms with van der Waals surface area (Å²) in [6, 6.07) is 17.4. The van der Waals surface area contributed by atoms with Crippen LogP contribution in [0.5, 0.6) is 0 Å². The van der Waals surface area contributed by atoms with Gasteiger partial charge in [0.05, 0.1) is 6.42 Å². The number of carbonyl (C=O) groups excluding carboxylic acids is 1. The van der Waals surface area contributed by atoms with Crippen LogP contribution in [0.15, 0.2) is 48.5 Å². The molecule has 1 aliphatic heterocycles. The van der Waals surface area contributed by atoms with Crippen molar-refractivity contribution in [1.82, 2.24) is 9.80 Å². The molecule has 2 aromatic rings. The molecule has 0 bridgehead atoms. The molecule has 0 unspecified atom stereocenters. The van der Waals surface area contributed by atoms with Crippen molar-refractivity contribution in [2.75, 3.05) is 20.1 Å². The van der Waals surface area contributed by atoms with Crippen LogP contribution in [0.3, 0.4) is 0 Å². The van der Waals surface area contributed by atoms with Gasteiger partial charge in [0.1, 0.15) is 0 Å². The molecule has 0 atom stereocenters. The van der Waals surface area contributed by atoms with Gasteiger partial charge in [0.25, 0.3) is 0 Å². The average molecular weight is 415 g/mol. The molecule has 1 amide bonds. The summed E-state index contributed by atoms with van der Waals surface area (Å²) in [6.07, 6.45) is 2.60. The van der Waals surface area contributed by atoms with Crippen LogP contribution in [0.25, 0.3) is 0 Å². The summed E-state index contributed by atoms with van der Waals surface area (Å²) in [6.45, 7) is 9.32. The molecule has 0 spiro atoms. The lowest BCUT2D eigenvalue weighted by molar-refractivity contribution is -0.134. The summed E-state index contributed by atoms with van der Waals surface area (Å²) in [7, 11) is 2.17. The Balaban J connectivity index is 0.00000300. The maximum atomic E-state index is 13.4. The standard InChI is InChI=1S/C25H34N2O.ClH/c1-19(2)23-7-5-6-22(16-23)17-25(28)27(24-12-14-26(4)15-13-24)18-21-10-8-20(3)9-11-21;/h5-11,16,19,24H,12-15,17-18H2,1-4H3;1H. The van der Waals surface area contributed by atoms with Crippen LogP contribution >= 0.6 is 12.4 Å². The van der Waals surface area contributed by atoms with Crippen molar-refractivity contribution in [3.8, 4) is 0 Å². The topological polar surface area (TPSA) is 23.6 Å². The fraction of sp³-hybridized carbons (Fsp3) is 0.480. The SMILES string of the molecule is Cc1ccc(CN(C(=O)Cc2cccc(C(C)C)c2)C2CCN(C)CC2)cc1.Cl. The zero-order chi connectivity index (χ0) is 20.1. The number of hydrogen-bond donors (Lipinski definition) is 0. The Morgan fingerprint density at radius 3 is 2.34 bits per heavy atom. The van der Waals surface area contributed by atoms with Crippen LogP contribution in [0.2, 0.25) is 0 Å². The first kappa shape index (κ1) is 23.4. The molecule has 2 aromatic carbocycles. The summed E-state index contributed by atoms with van der Waals surface area (Å²) >= 11 is 0. The van der Waals surface area contributed by atoms with Crippen LogP contribution in [0.4, 0.5) is 0 Å². The molecule has 1 heterocycles. The second-order valence-electron chi connectivity index (χ2n) is 8.62. The summed E-state index contributed by atoms with van der Waals surface area (Å²) in [5.41, 5.74) is 4.90. The molecule has 0 saturated carbocycles. The number of carbonyl (C=O) groups is 1. The van der Waals surface area contributed by atoms with E-state index in [1.54, 1.807) is 0 Å². The van der Waals surface area contributed by atoms with Gasteiger partial charge in [-0.3, -0.25) is 4.79 Å². The Kier molecular flexibility index (Phi) is 8.73. The molecule has 3 nitrogen and oxygen atoms in total. The van der Waals surface area contributed by atoms with E-state index in [0.29, 0.717) is 24.9 Å². The highest BCUT2D eigenvalue weighted by atomic mass is 35.5. The summed E-state index contributed by atoms with van der Waals surface area (Å²) < 4.78 is 0. The Morgan fingerprint density at radius 1 is 1.07 bits per heavy atom. The largest absolute Gasteiger partial charge is 0.335 e. The number of hydrogen-bond acceptors (Lipinski definition) is 2. The number of aryl methyl sites for hydroxylation is 1. The van der Waals surface area contributed by atoms with Crippen molar-refractivity contribution in [2.45, 2.75) is 58.5 Å². The van der Waals surface area contributed by atoms with Crippen molar-refractivity contribution in [3.63, 3.8) is 0 Å². The van der Waals surface area contributed by atoms with E-state index >= 15 is 0 Å². The Morgan fingerprint density at radius 2 is 1.72 bits per heavy atom. The zero-order valence-electron chi connectivity index (χ0n) is 18.2. The molecule has 3 rings (SSSR count). The van der Waals surface area contributed by atoms with Gasteiger partial charge >= 0.3 is 0 Å². The minimum Gasteiger partial charge on any atom is -0.335 e. The second-order valence-corrected chi connectivity index (χ2v) is 8.62. The molecule has 1 aliphatic rings. The van der Waals surface area contributed by atoms with Crippen LogP contribution < -0.4 is 0 Å². The van der Waals surface area contributed by atoms with Gasteiger partial charge < -0.3 is 9.80 Å². The monoisotopic (exact) mass is 414 g/mol. The van der Waals surface area contributed by atoms with Gasteiger partial charge in [0.2, 0.25) is 5.91 Å². The average Bonchev–Trinajstić information content (AvgIpc) is 2.68. The Hall–Kier alpha value is -1.84. The van der Waals surface area contributed by atoms with Crippen molar-refractivity contribution < 1.29 is 4.79 Å². The number of rotatable bonds is 6. The van der Waals surface area contributed by atoms with Gasteiger partial charge in [-0.1, -0.05) is 67.9 Å². The van der Waals surface area contributed by atoms with Gasteiger partial charge in [-0.15, -0.1) is 12.4 Å². The van der Waals surface area contributed by atoms with Crippen molar-refractivity contribution in [2.24, 2.45) is 0 Å². The molecule has 0 radical (unpaired) electrons. The third kappa shape index (κ3) is 6.58. The molecule has 1 saturated heterocycles. The fourth-order valence-electron chi connectivity index (χ4n) is 3.96. The number of benzene rings is 2. The lowest BCUT2D eigenvalue weighted by Gasteiger charge is -2.37.